The van der Waals surface area contributed by atoms with Gasteiger partial charge in [-0.25, -0.2) is 9.07 Å². The molecule has 9 nitrogen and oxygen atoms in total. The fourth-order valence-corrected chi connectivity index (χ4v) is 5.81. The number of ether oxygens (including phenoxy) is 1. The third-order valence-electron chi connectivity index (χ3n) is 7.69. The van der Waals surface area contributed by atoms with E-state index in [0.29, 0.717) is 31.0 Å². The molecule has 2 aliphatic rings. The van der Waals surface area contributed by atoms with Crippen LogP contribution in [0, 0.1) is 19.7 Å². The largest absolute Gasteiger partial charge is 0.376 e. The van der Waals surface area contributed by atoms with E-state index in [1.165, 1.54) is 12.1 Å². The molecule has 0 unspecified atom stereocenters. The first-order valence-electron chi connectivity index (χ1n) is 13.2. The number of aromatic nitrogens is 5. The minimum atomic E-state index is -0.421. The Labute approximate surface area is 220 Å². The summed E-state index contributed by atoms with van der Waals surface area (Å²) in [6, 6.07) is 12.3. The molecule has 6 rings (SSSR count). The summed E-state index contributed by atoms with van der Waals surface area (Å²) in [5.41, 5.74) is 4.50. The van der Waals surface area contributed by atoms with Crippen molar-refractivity contribution in [2.75, 3.05) is 37.7 Å². The minimum absolute atomic E-state index is 0.0633. The van der Waals surface area contributed by atoms with Crippen LogP contribution in [-0.4, -0.2) is 69.0 Å². The Morgan fingerprint density at radius 2 is 1.89 bits per heavy atom. The highest BCUT2D eigenvalue weighted by Crippen LogP contribution is 2.30. The number of H-pyrrole nitrogens is 1. The summed E-state index contributed by atoms with van der Waals surface area (Å²) in [6.45, 7) is 8.24. The Morgan fingerprint density at radius 3 is 2.63 bits per heavy atom. The smallest absolute Gasteiger partial charge is 0.253 e. The van der Waals surface area contributed by atoms with E-state index in [9.17, 15) is 9.18 Å². The highest BCUT2D eigenvalue weighted by atomic mass is 19.1. The number of anilines is 1. The van der Waals surface area contributed by atoms with E-state index >= 15 is 0 Å². The van der Waals surface area contributed by atoms with Crippen molar-refractivity contribution in [3.8, 4) is 0 Å². The summed E-state index contributed by atoms with van der Waals surface area (Å²) in [5.74, 6) is 0.400. The average molecular weight is 518 g/mol. The predicted octanol–water partition coefficient (Wildman–Crippen LogP) is 3.36. The summed E-state index contributed by atoms with van der Waals surface area (Å²) < 4.78 is 21.1. The molecule has 38 heavy (non-hydrogen) atoms. The van der Waals surface area contributed by atoms with Crippen molar-refractivity contribution < 1.29 is 9.13 Å². The van der Waals surface area contributed by atoms with Crippen molar-refractivity contribution in [2.45, 2.75) is 45.4 Å². The molecule has 1 N–H and O–H groups in total. The first kappa shape index (κ1) is 24.7. The molecule has 4 aromatic rings. The molecule has 198 valence electrons. The zero-order valence-electron chi connectivity index (χ0n) is 21.7. The Kier molecular flexibility index (Phi) is 6.67. The van der Waals surface area contributed by atoms with E-state index in [1.807, 2.05) is 25.1 Å². The summed E-state index contributed by atoms with van der Waals surface area (Å²) in [4.78, 5) is 21.2. The van der Waals surface area contributed by atoms with E-state index in [2.05, 4.69) is 49.4 Å². The van der Waals surface area contributed by atoms with Gasteiger partial charge in [-0.05, 0) is 84.5 Å². The second-order valence-corrected chi connectivity index (χ2v) is 10.4. The molecule has 0 amide bonds. The molecule has 2 aromatic heterocycles. The first-order chi connectivity index (χ1) is 18.5. The van der Waals surface area contributed by atoms with Crippen LogP contribution in [-0.2, 0) is 11.3 Å². The van der Waals surface area contributed by atoms with Gasteiger partial charge in [0.15, 0.2) is 5.82 Å². The number of piperazine rings is 1. The van der Waals surface area contributed by atoms with Gasteiger partial charge in [0.2, 0.25) is 0 Å². The molecular formula is C28H32FN7O2. The second kappa shape index (κ2) is 10.3. The van der Waals surface area contributed by atoms with Crippen molar-refractivity contribution in [2.24, 2.45) is 0 Å². The Hall–Kier alpha value is -3.63. The van der Waals surface area contributed by atoms with Crippen molar-refractivity contribution >= 4 is 16.6 Å². The van der Waals surface area contributed by atoms with Gasteiger partial charge in [-0.1, -0.05) is 11.6 Å². The van der Waals surface area contributed by atoms with Crippen LogP contribution in [0.2, 0.25) is 0 Å². The average Bonchev–Trinajstić information content (AvgIpc) is 3.59. The summed E-state index contributed by atoms with van der Waals surface area (Å²) in [7, 11) is 0. The minimum Gasteiger partial charge on any atom is -0.376 e. The Bertz CT molecular complexity index is 1490. The summed E-state index contributed by atoms with van der Waals surface area (Å²) in [6.07, 6.45) is 2.06. The number of hydrogen-bond acceptors (Lipinski definition) is 7. The molecule has 0 saturated carbocycles. The zero-order valence-corrected chi connectivity index (χ0v) is 21.7. The third-order valence-corrected chi connectivity index (χ3v) is 7.69. The van der Waals surface area contributed by atoms with Crippen molar-refractivity contribution in [1.82, 2.24) is 30.1 Å². The number of rotatable bonds is 6. The lowest BCUT2D eigenvalue weighted by molar-refractivity contribution is 0.0906. The molecular weight excluding hydrogens is 485 g/mol. The molecule has 0 aliphatic carbocycles. The normalized spacial score (nSPS) is 19.3. The van der Waals surface area contributed by atoms with Gasteiger partial charge in [0, 0.05) is 44.0 Å². The van der Waals surface area contributed by atoms with E-state index in [4.69, 9.17) is 4.74 Å². The number of pyridine rings is 1. The summed E-state index contributed by atoms with van der Waals surface area (Å²) in [5, 5.41) is 13.8. The quantitative estimate of drug-likeness (QED) is 0.419. The summed E-state index contributed by atoms with van der Waals surface area (Å²) >= 11 is 0. The number of nitrogens with zero attached hydrogens (tertiary/aromatic N) is 6. The Balaban J connectivity index is 1.38. The van der Waals surface area contributed by atoms with Crippen LogP contribution in [0.5, 0.6) is 0 Å². The fraction of sp³-hybridized carbons (Fsp3) is 0.429. The van der Waals surface area contributed by atoms with Gasteiger partial charge in [-0.2, -0.15) is 0 Å². The van der Waals surface area contributed by atoms with Gasteiger partial charge < -0.3 is 14.6 Å². The van der Waals surface area contributed by atoms with Gasteiger partial charge in [0.1, 0.15) is 11.9 Å². The molecule has 2 atom stereocenters. The molecule has 2 fully saturated rings. The molecule has 0 spiro atoms. The van der Waals surface area contributed by atoms with E-state index in [1.54, 1.807) is 4.68 Å². The SMILES string of the molecule is Cc1cc(C)c2[nH]c(=O)c([C@H](c3nnnn3C[C@H]3CCCO3)N3CCN(c4ccc(F)cc4)CC3)cc2c1. The number of aromatic amines is 1. The molecule has 2 saturated heterocycles. The topological polar surface area (TPSA) is 92.2 Å². The van der Waals surface area contributed by atoms with Crippen molar-refractivity contribution in [3.63, 3.8) is 0 Å². The number of fused-ring (bicyclic) bond motifs is 1. The number of benzene rings is 2. The van der Waals surface area contributed by atoms with Crippen LogP contribution >= 0.6 is 0 Å². The van der Waals surface area contributed by atoms with Crippen molar-refractivity contribution in [1.29, 1.82) is 0 Å². The van der Waals surface area contributed by atoms with Crippen LogP contribution in [0.1, 0.15) is 41.4 Å². The number of halogens is 1. The molecule has 10 heteroatoms. The number of hydrogen-bond donors (Lipinski definition) is 1. The van der Waals surface area contributed by atoms with Gasteiger partial charge in [-0.15, -0.1) is 5.10 Å². The van der Waals surface area contributed by atoms with Crippen LogP contribution in [0.15, 0.2) is 47.3 Å². The van der Waals surface area contributed by atoms with Crippen LogP contribution in [0.25, 0.3) is 10.9 Å². The second-order valence-electron chi connectivity index (χ2n) is 10.4. The predicted molar refractivity (Wildman–Crippen MR) is 143 cm³/mol. The van der Waals surface area contributed by atoms with Gasteiger partial charge >= 0.3 is 0 Å². The monoisotopic (exact) mass is 517 g/mol. The maximum Gasteiger partial charge on any atom is 0.253 e. The molecule has 0 bridgehead atoms. The zero-order chi connectivity index (χ0) is 26.2. The Morgan fingerprint density at radius 1 is 1.11 bits per heavy atom. The fourth-order valence-electron chi connectivity index (χ4n) is 5.81. The standard InChI is InChI=1S/C28H32FN7O2/c1-18-14-19(2)25-20(15-18)16-24(28(37)30-25)26(27-31-32-33-36(27)17-23-4-3-13-38-23)35-11-9-34(10-12-35)22-7-5-21(29)6-8-22/h5-8,14-16,23,26H,3-4,9-13,17H2,1-2H3,(H,30,37)/t23-,26-/m1/s1. The highest BCUT2D eigenvalue weighted by molar-refractivity contribution is 5.83. The van der Waals surface area contributed by atoms with Crippen LogP contribution in [0.3, 0.4) is 0 Å². The first-order valence-corrected chi connectivity index (χ1v) is 13.2. The lowest BCUT2D eigenvalue weighted by Gasteiger charge is -2.39. The molecule has 2 aromatic carbocycles. The lowest BCUT2D eigenvalue weighted by atomic mass is 10.00. The van der Waals surface area contributed by atoms with Gasteiger partial charge in [-0.3, -0.25) is 9.69 Å². The maximum atomic E-state index is 13.6. The maximum absolute atomic E-state index is 13.6. The van der Waals surface area contributed by atoms with E-state index in [0.717, 1.165) is 60.3 Å². The molecule has 0 radical (unpaired) electrons. The number of aryl methyl sites for hydroxylation is 2. The van der Waals surface area contributed by atoms with Gasteiger partial charge in [0.05, 0.1) is 18.2 Å². The lowest BCUT2D eigenvalue weighted by Crippen LogP contribution is -2.49. The highest BCUT2D eigenvalue weighted by Gasteiger charge is 2.33. The number of nitrogens with one attached hydrogen (secondary N) is 1. The van der Waals surface area contributed by atoms with Crippen LogP contribution in [0.4, 0.5) is 10.1 Å². The number of tetrazole rings is 1. The van der Waals surface area contributed by atoms with Gasteiger partial charge in [0.25, 0.3) is 5.56 Å². The van der Waals surface area contributed by atoms with Crippen molar-refractivity contribution in [3.05, 3.63) is 81.2 Å². The molecule has 2 aliphatic heterocycles. The third kappa shape index (κ3) is 4.81. The molecule has 4 heterocycles. The van der Waals surface area contributed by atoms with E-state index in [-0.39, 0.29) is 17.5 Å². The van der Waals surface area contributed by atoms with Crippen LogP contribution < -0.4 is 10.5 Å². The van der Waals surface area contributed by atoms with E-state index < -0.39 is 6.04 Å².